The molecule has 2 heterocycles. The zero-order chi connectivity index (χ0) is 20.8. The zero-order valence-electron chi connectivity index (χ0n) is 17.5. The summed E-state index contributed by atoms with van der Waals surface area (Å²) < 4.78 is 12.9. The summed E-state index contributed by atoms with van der Waals surface area (Å²) in [5.74, 6) is 1.53. The first-order valence-corrected chi connectivity index (χ1v) is 10.2. The van der Waals surface area contributed by atoms with E-state index in [0.717, 1.165) is 30.6 Å². The van der Waals surface area contributed by atoms with Crippen LogP contribution in [0.5, 0.6) is 5.75 Å². The number of unbranched alkanes of at least 4 members (excludes halogenated alkanes) is 1. The first-order valence-electron chi connectivity index (χ1n) is 10.2. The minimum absolute atomic E-state index is 0.355. The van der Waals surface area contributed by atoms with Crippen LogP contribution in [-0.2, 0) is 9.53 Å². The van der Waals surface area contributed by atoms with Crippen LogP contribution >= 0.6 is 0 Å². The molecule has 3 rings (SSSR count). The van der Waals surface area contributed by atoms with E-state index < -0.39 is 6.04 Å². The summed E-state index contributed by atoms with van der Waals surface area (Å²) in [5.41, 5.74) is 2.09. The van der Waals surface area contributed by atoms with Crippen LogP contribution < -0.4 is 10.1 Å². The normalized spacial score (nSPS) is 15.8. The molecule has 0 saturated heterocycles. The van der Waals surface area contributed by atoms with E-state index in [1.807, 2.05) is 31.2 Å². The standard InChI is InChI=1S/C21H29N5O3/c1-5-6-12-29-20(27)18-15(4)22-21-23-24-25-26(21)19(18)16-7-9-17(10-8-16)28-13-11-14(2)3/h7-10,14,19H,5-6,11-13H2,1-4H3,(H,22,23,25). The number of esters is 1. The van der Waals surface area contributed by atoms with Gasteiger partial charge in [-0.05, 0) is 53.8 Å². The minimum Gasteiger partial charge on any atom is -0.494 e. The highest BCUT2D eigenvalue weighted by Gasteiger charge is 2.34. The van der Waals surface area contributed by atoms with Crippen LogP contribution in [0.4, 0.5) is 5.95 Å². The molecule has 1 aliphatic rings. The predicted molar refractivity (Wildman–Crippen MR) is 110 cm³/mol. The number of ether oxygens (including phenoxy) is 2. The van der Waals surface area contributed by atoms with Crippen molar-refractivity contribution in [2.45, 2.75) is 53.0 Å². The van der Waals surface area contributed by atoms with E-state index in [1.165, 1.54) is 0 Å². The monoisotopic (exact) mass is 399 g/mol. The van der Waals surface area contributed by atoms with Gasteiger partial charge in [0.2, 0.25) is 5.95 Å². The van der Waals surface area contributed by atoms with Crippen molar-refractivity contribution in [3.63, 3.8) is 0 Å². The van der Waals surface area contributed by atoms with Crippen LogP contribution in [-0.4, -0.2) is 39.4 Å². The van der Waals surface area contributed by atoms with Crippen molar-refractivity contribution in [3.05, 3.63) is 41.1 Å². The largest absolute Gasteiger partial charge is 0.494 e. The van der Waals surface area contributed by atoms with Gasteiger partial charge in [-0.1, -0.05) is 44.4 Å². The lowest BCUT2D eigenvalue weighted by atomic mass is 9.96. The van der Waals surface area contributed by atoms with Crippen LogP contribution in [0.3, 0.4) is 0 Å². The van der Waals surface area contributed by atoms with Crippen LogP contribution in [0, 0.1) is 5.92 Å². The van der Waals surface area contributed by atoms with E-state index in [2.05, 4.69) is 41.6 Å². The molecule has 29 heavy (non-hydrogen) atoms. The summed E-state index contributed by atoms with van der Waals surface area (Å²) in [6.45, 7) is 9.30. The lowest BCUT2D eigenvalue weighted by Gasteiger charge is -2.27. The number of fused-ring (bicyclic) bond motifs is 1. The molecule has 2 aromatic rings. The molecule has 0 bridgehead atoms. The van der Waals surface area contributed by atoms with Crippen LogP contribution in [0.25, 0.3) is 0 Å². The molecule has 8 heteroatoms. The molecule has 0 fully saturated rings. The van der Waals surface area contributed by atoms with Gasteiger partial charge in [0.25, 0.3) is 0 Å². The van der Waals surface area contributed by atoms with E-state index in [4.69, 9.17) is 9.47 Å². The number of carbonyl (C=O) groups excluding carboxylic acids is 1. The number of tetrazole rings is 1. The lowest BCUT2D eigenvalue weighted by Crippen LogP contribution is -2.29. The third kappa shape index (κ3) is 4.93. The Balaban J connectivity index is 1.85. The molecule has 0 radical (unpaired) electrons. The van der Waals surface area contributed by atoms with Gasteiger partial charge in [0.05, 0.1) is 18.8 Å². The van der Waals surface area contributed by atoms with E-state index in [-0.39, 0.29) is 5.97 Å². The fourth-order valence-corrected chi connectivity index (χ4v) is 3.13. The average Bonchev–Trinajstić information content (AvgIpc) is 3.15. The lowest BCUT2D eigenvalue weighted by molar-refractivity contribution is -0.139. The molecule has 8 nitrogen and oxygen atoms in total. The number of carbonyl (C=O) groups is 1. The van der Waals surface area contributed by atoms with Crippen molar-refractivity contribution in [2.24, 2.45) is 5.92 Å². The van der Waals surface area contributed by atoms with Crippen molar-refractivity contribution in [3.8, 4) is 5.75 Å². The highest BCUT2D eigenvalue weighted by atomic mass is 16.5. The second-order valence-electron chi connectivity index (χ2n) is 7.60. The second kappa shape index (κ2) is 9.54. The molecular formula is C21H29N5O3. The van der Waals surface area contributed by atoms with Crippen LogP contribution in [0.1, 0.15) is 58.6 Å². The molecule has 156 valence electrons. The average molecular weight is 399 g/mol. The fraction of sp³-hybridized carbons (Fsp3) is 0.524. The van der Waals surface area contributed by atoms with Crippen molar-refractivity contribution < 1.29 is 14.3 Å². The maximum Gasteiger partial charge on any atom is 0.338 e. The van der Waals surface area contributed by atoms with Gasteiger partial charge in [-0.15, -0.1) is 0 Å². The molecule has 1 N–H and O–H groups in total. The quantitative estimate of drug-likeness (QED) is 0.507. The Bertz CT molecular complexity index is 857. The Hall–Kier alpha value is -2.90. The number of nitrogens with one attached hydrogen (secondary N) is 1. The molecule has 0 spiro atoms. The molecule has 0 amide bonds. The summed E-state index contributed by atoms with van der Waals surface area (Å²) in [6.07, 6.45) is 2.79. The van der Waals surface area contributed by atoms with Gasteiger partial charge < -0.3 is 14.8 Å². The topological polar surface area (TPSA) is 91.2 Å². The number of benzene rings is 1. The Labute approximate surface area is 171 Å². The molecule has 1 atom stereocenters. The maximum absolute atomic E-state index is 12.8. The molecule has 0 saturated carbocycles. The highest BCUT2D eigenvalue weighted by Crippen LogP contribution is 2.35. The number of rotatable bonds is 9. The van der Waals surface area contributed by atoms with Gasteiger partial charge in [-0.3, -0.25) is 0 Å². The number of hydrogen-bond donors (Lipinski definition) is 1. The highest BCUT2D eigenvalue weighted by molar-refractivity contribution is 5.92. The summed E-state index contributed by atoms with van der Waals surface area (Å²) in [7, 11) is 0. The van der Waals surface area contributed by atoms with Crippen molar-refractivity contribution in [1.82, 2.24) is 20.2 Å². The summed E-state index contributed by atoms with van der Waals surface area (Å²) in [4.78, 5) is 12.8. The van der Waals surface area contributed by atoms with E-state index in [1.54, 1.807) is 4.68 Å². The molecule has 1 aromatic heterocycles. The van der Waals surface area contributed by atoms with Gasteiger partial charge in [-0.25, -0.2) is 4.79 Å². The number of aromatic nitrogens is 4. The molecular weight excluding hydrogens is 370 g/mol. The van der Waals surface area contributed by atoms with Gasteiger partial charge in [0.15, 0.2) is 0 Å². The number of allylic oxidation sites excluding steroid dienone is 1. The minimum atomic E-state index is -0.458. The zero-order valence-corrected chi connectivity index (χ0v) is 17.5. The Morgan fingerprint density at radius 1 is 1.24 bits per heavy atom. The fourth-order valence-electron chi connectivity index (χ4n) is 3.13. The maximum atomic E-state index is 12.8. The van der Waals surface area contributed by atoms with E-state index >= 15 is 0 Å². The Morgan fingerprint density at radius 3 is 2.69 bits per heavy atom. The Morgan fingerprint density at radius 2 is 2.00 bits per heavy atom. The van der Waals surface area contributed by atoms with Crippen molar-refractivity contribution >= 4 is 11.9 Å². The summed E-state index contributed by atoms with van der Waals surface area (Å²) in [5, 5.41) is 14.9. The van der Waals surface area contributed by atoms with Gasteiger partial charge in [0, 0.05) is 5.70 Å². The van der Waals surface area contributed by atoms with Gasteiger partial charge in [0.1, 0.15) is 11.8 Å². The summed E-state index contributed by atoms with van der Waals surface area (Å²) >= 11 is 0. The summed E-state index contributed by atoms with van der Waals surface area (Å²) in [6, 6.07) is 7.26. The molecule has 1 aliphatic heterocycles. The third-order valence-corrected chi connectivity index (χ3v) is 4.82. The van der Waals surface area contributed by atoms with Crippen molar-refractivity contribution in [2.75, 3.05) is 18.5 Å². The van der Waals surface area contributed by atoms with Crippen LogP contribution in [0.2, 0.25) is 0 Å². The van der Waals surface area contributed by atoms with Gasteiger partial charge >= 0.3 is 5.97 Å². The predicted octanol–water partition coefficient (Wildman–Crippen LogP) is 3.73. The SMILES string of the molecule is CCCCOC(=O)C1=C(C)Nc2nnnn2C1c1ccc(OCCC(C)C)cc1. The second-order valence-corrected chi connectivity index (χ2v) is 7.60. The van der Waals surface area contributed by atoms with E-state index in [9.17, 15) is 4.79 Å². The smallest absolute Gasteiger partial charge is 0.338 e. The Kier molecular flexibility index (Phi) is 6.85. The number of anilines is 1. The van der Waals surface area contributed by atoms with Gasteiger partial charge in [-0.2, -0.15) is 4.68 Å². The first-order chi connectivity index (χ1) is 14.0. The molecule has 1 unspecified atom stereocenters. The van der Waals surface area contributed by atoms with Crippen LogP contribution in [0.15, 0.2) is 35.5 Å². The van der Waals surface area contributed by atoms with Crippen molar-refractivity contribution in [1.29, 1.82) is 0 Å². The number of hydrogen-bond acceptors (Lipinski definition) is 7. The molecule has 1 aromatic carbocycles. The third-order valence-electron chi connectivity index (χ3n) is 4.82. The van der Waals surface area contributed by atoms with E-state index in [0.29, 0.717) is 36.4 Å². The first kappa shape index (κ1) is 20.8. The molecule has 0 aliphatic carbocycles. The number of nitrogens with zero attached hydrogens (tertiary/aromatic N) is 4.